The third-order valence-electron chi connectivity index (χ3n) is 1.89. The molecule has 0 amide bonds. The zero-order valence-corrected chi connectivity index (χ0v) is 10.8. The standard InChI is InChI=1S/C11H13BrClNO/c1-8(14)10-4-3-9(12)7-11(10)15-6-2-5-13/h2-5,7-8H,6,14H2,1H3/b5-2+/t8-/m1/s1. The molecule has 1 aromatic rings. The Bertz CT molecular complexity index is 352. The molecule has 0 radical (unpaired) electrons. The number of hydrogen-bond acceptors (Lipinski definition) is 2. The van der Waals surface area contributed by atoms with E-state index >= 15 is 0 Å². The van der Waals surface area contributed by atoms with Crippen molar-refractivity contribution in [2.75, 3.05) is 6.61 Å². The van der Waals surface area contributed by atoms with Gasteiger partial charge in [-0.3, -0.25) is 0 Å². The topological polar surface area (TPSA) is 35.2 Å². The molecule has 0 fully saturated rings. The van der Waals surface area contributed by atoms with Crippen LogP contribution in [0.4, 0.5) is 0 Å². The summed E-state index contributed by atoms with van der Waals surface area (Å²) < 4.78 is 6.51. The SMILES string of the molecule is C[C@@H](N)c1ccc(Br)cc1OC/C=C/Cl. The smallest absolute Gasteiger partial charge is 0.125 e. The van der Waals surface area contributed by atoms with Crippen LogP contribution in [0.15, 0.2) is 34.3 Å². The number of hydrogen-bond donors (Lipinski definition) is 1. The van der Waals surface area contributed by atoms with Crippen LogP contribution in [-0.4, -0.2) is 6.61 Å². The fourth-order valence-corrected chi connectivity index (χ4v) is 1.60. The van der Waals surface area contributed by atoms with Gasteiger partial charge < -0.3 is 10.5 Å². The molecule has 0 aliphatic heterocycles. The molecule has 0 saturated heterocycles. The zero-order chi connectivity index (χ0) is 11.3. The minimum atomic E-state index is -0.0481. The van der Waals surface area contributed by atoms with Crippen LogP contribution in [0, 0.1) is 0 Å². The van der Waals surface area contributed by atoms with Crippen molar-refractivity contribution in [3.63, 3.8) is 0 Å². The minimum absolute atomic E-state index is 0.0481. The fourth-order valence-electron chi connectivity index (χ4n) is 1.18. The van der Waals surface area contributed by atoms with Gasteiger partial charge >= 0.3 is 0 Å². The molecular formula is C11H13BrClNO. The van der Waals surface area contributed by atoms with Gasteiger partial charge in [0.25, 0.3) is 0 Å². The predicted molar refractivity (Wildman–Crippen MR) is 67.2 cm³/mol. The van der Waals surface area contributed by atoms with Crippen LogP contribution >= 0.6 is 27.5 Å². The lowest BCUT2D eigenvalue weighted by molar-refractivity contribution is 0.356. The van der Waals surface area contributed by atoms with Gasteiger partial charge in [0.05, 0.1) is 0 Å². The highest BCUT2D eigenvalue weighted by molar-refractivity contribution is 9.10. The Balaban J connectivity index is 2.86. The van der Waals surface area contributed by atoms with E-state index in [4.69, 9.17) is 22.1 Å². The molecule has 0 aliphatic rings. The highest BCUT2D eigenvalue weighted by Crippen LogP contribution is 2.27. The lowest BCUT2D eigenvalue weighted by Crippen LogP contribution is -2.08. The van der Waals surface area contributed by atoms with Gasteiger partial charge in [-0.1, -0.05) is 33.6 Å². The number of ether oxygens (including phenoxy) is 1. The number of nitrogens with two attached hydrogens (primary N) is 1. The quantitative estimate of drug-likeness (QED) is 0.919. The summed E-state index contributed by atoms with van der Waals surface area (Å²) in [6, 6.07) is 5.76. The largest absolute Gasteiger partial charge is 0.489 e. The van der Waals surface area contributed by atoms with Crippen LogP contribution < -0.4 is 10.5 Å². The maximum Gasteiger partial charge on any atom is 0.125 e. The molecule has 15 heavy (non-hydrogen) atoms. The Hall–Kier alpha value is -0.510. The number of benzene rings is 1. The Kier molecular flexibility index (Phi) is 5.15. The average molecular weight is 291 g/mol. The molecule has 1 aromatic carbocycles. The van der Waals surface area contributed by atoms with Crippen molar-refractivity contribution in [2.45, 2.75) is 13.0 Å². The molecule has 1 atom stereocenters. The van der Waals surface area contributed by atoms with Crippen molar-refractivity contribution in [3.8, 4) is 5.75 Å². The van der Waals surface area contributed by atoms with E-state index in [1.54, 1.807) is 6.08 Å². The summed E-state index contributed by atoms with van der Waals surface area (Å²) in [6.07, 6.45) is 1.73. The van der Waals surface area contributed by atoms with Crippen LogP contribution in [0.5, 0.6) is 5.75 Å². The first kappa shape index (κ1) is 12.6. The summed E-state index contributed by atoms with van der Waals surface area (Å²) in [5, 5.41) is 0. The fraction of sp³-hybridized carbons (Fsp3) is 0.273. The highest BCUT2D eigenvalue weighted by atomic mass is 79.9. The van der Waals surface area contributed by atoms with Crippen LogP contribution in [0.25, 0.3) is 0 Å². The maximum atomic E-state index is 5.83. The summed E-state index contributed by atoms with van der Waals surface area (Å²) in [7, 11) is 0. The molecule has 4 heteroatoms. The molecular weight excluding hydrogens is 277 g/mol. The predicted octanol–water partition coefficient (Wildman–Crippen LogP) is 3.60. The van der Waals surface area contributed by atoms with Crippen molar-refractivity contribution in [3.05, 3.63) is 39.8 Å². The van der Waals surface area contributed by atoms with Gasteiger partial charge in [0.15, 0.2) is 0 Å². The van der Waals surface area contributed by atoms with Crippen molar-refractivity contribution in [2.24, 2.45) is 5.73 Å². The first-order valence-electron chi connectivity index (χ1n) is 4.58. The van der Waals surface area contributed by atoms with Gasteiger partial charge in [0.2, 0.25) is 0 Å². The third-order valence-corrected chi connectivity index (χ3v) is 2.56. The molecule has 0 spiro atoms. The third kappa shape index (κ3) is 3.86. The molecule has 2 nitrogen and oxygen atoms in total. The molecule has 0 heterocycles. The molecule has 0 aromatic heterocycles. The Morgan fingerprint density at radius 1 is 1.60 bits per heavy atom. The first-order valence-corrected chi connectivity index (χ1v) is 5.81. The van der Waals surface area contributed by atoms with E-state index in [1.165, 1.54) is 5.54 Å². The number of halogens is 2. The van der Waals surface area contributed by atoms with Gasteiger partial charge in [0.1, 0.15) is 12.4 Å². The number of rotatable bonds is 4. The minimum Gasteiger partial charge on any atom is -0.489 e. The molecule has 1 rings (SSSR count). The maximum absolute atomic E-state index is 5.83. The second-order valence-electron chi connectivity index (χ2n) is 3.14. The van der Waals surface area contributed by atoms with E-state index < -0.39 is 0 Å². The van der Waals surface area contributed by atoms with E-state index in [2.05, 4.69) is 15.9 Å². The van der Waals surface area contributed by atoms with Gasteiger partial charge in [-0.25, -0.2) is 0 Å². The van der Waals surface area contributed by atoms with E-state index in [-0.39, 0.29) is 6.04 Å². The van der Waals surface area contributed by atoms with Crippen LogP contribution in [0.3, 0.4) is 0 Å². The second kappa shape index (κ2) is 6.16. The normalized spacial score (nSPS) is 13.1. The lowest BCUT2D eigenvalue weighted by Gasteiger charge is -2.13. The molecule has 0 aliphatic carbocycles. The van der Waals surface area contributed by atoms with E-state index in [0.717, 1.165) is 15.8 Å². The van der Waals surface area contributed by atoms with Crippen LogP contribution in [0.1, 0.15) is 18.5 Å². The summed E-state index contributed by atoms with van der Waals surface area (Å²) >= 11 is 8.80. The van der Waals surface area contributed by atoms with Crippen molar-refractivity contribution in [1.82, 2.24) is 0 Å². The van der Waals surface area contributed by atoms with Crippen molar-refractivity contribution < 1.29 is 4.74 Å². The van der Waals surface area contributed by atoms with Gasteiger partial charge in [-0.2, -0.15) is 0 Å². The van der Waals surface area contributed by atoms with Gasteiger partial charge in [-0.15, -0.1) is 0 Å². The van der Waals surface area contributed by atoms with E-state index in [0.29, 0.717) is 6.61 Å². The summed E-state index contributed by atoms with van der Waals surface area (Å²) in [5.41, 5.74) is 8.25. The Morgan fingerprint density at radius 2 is 2.33 bits per heavy atom. The molecule has 82 valence electrons. The molecule has 2 N–H and O–H groups in total. The Labute approximate surface area is 103 Å². The monoisotopic (exact) mass is 289 g/mol. The lowest BCUT2D eigenvalue weighted by atomic mass is 10.1. The summed E-state index contributed by atoms with van der Waals surface area (Å²) in [4.78, 5) is 0. The van der Waals surface area contributed by atoms with Crippen molar-refractivity contribution >= 4 is 27.5 Å². The molecule has 0 bridgehead atoms. The average Bonchev–Trinajstić information content (AvgIpc) is 2.18. The van der Waals surface area contributed by atoms with Crippen molar-refractivity contribution in [1.29, 1.82) is 0 Å². The van der Waals surface area contributed by atoms with E-state index in [9.17, 15) is 0 Å². The summed E-state index contributed by atoms with van der Waals surface area (Å²) in [6.45, 7) is 2.37. The van der Waals surface area contributed by atoms with Crippen LogP contribution in [-0.2, 0) is 0 Å². The first-order chi connectivity index (χ1) is 7.15. The molecule has 0 unspecified atom stereocenters. The van der Waals surface area contributed by atoms with Crippen LogP contribution in [0.2, 0.25) is 0 Å². The summed E-state index contributed by atoms with van der Waals surface area (Å²) in [5.74, 6) is 0.786. The van der Waals surface area contributed by atoms with E-state index in [1.807, 2.05) is 25.1 Å². The highest BCUT2D eigenvalue weighted by Gasteiger charge is 2.07. The second-order valence-corrected chi connectivity index (χ2v) is 4.31. The Morgan fingerprint density at radius 3 is 2.93 bits per heavy atom. The van der Waals surface area contributed by atoms with Gasteiger partial charge in [-0.05, 0) is 25.1 Å². The zero-order valence-electron chi connectivity index (χ0n) is 8.41. The molecule has 0 saturated carbocycles. The van der Waals surface area contributed by atoms with Gasteiger partial charge in [0, 0.05) is 21.6 Å².